The van der Waals surface area contributed by atoms with Crippen LogP contribution in [0.15, 0.2) is 24.3 Å². The van der Waals surface area contributed by atoms with Gasteiger partial charge in [-0.05, 0) is 57.3 Å². The summed E-state index contributed by atoms with van der Waals surface area (Å²) in [6.07, 6.45) is 9.03. The van der Waals surface area contributed by atoms with E-state index in [4.69, 9.17) is 0 Å². The molecule has 2 saturated carbocycles. The molecule has 3 aliphatic carbocycles. The molecule has 0 aromatic rings. The smallest absolute Gasteiger partial charge is 0.309 e. The predicted molar refractivity (Wildman–Crippen MR) is 89.9 cm³/mol. The molecule has 23 heavy (non-hydrogen) atoms. The summed E-state index contributed by atoms with van der Waals surface area (Å²) >= 11 is 0. The van der Waals surface area contributed by atoms with Crippen LogP contribution < -0.4 is 0 Å². The molecule has 0 radical (unpaired) electrons. The molecule has 0 amide bonds. The van der Waals surface area contributed by atoms with Crippen molar-refractivity contribution in [1.82, 2.24) is 0 Å². The minimum atomic E-state index is -0.675. The van der Waals surface area contributed by atoms with Gasteiger partial charge in [0.1, 0.15) is 5.78 Å². The first kappa shape index (κ1) is 16.5. The number of ketones is 1. The number of rotatable bonds is 2. The fourth-order valence-corrected chi connectivity index (χ4v) is 5.65. The summed E-state index contributed by atoms with van der Waals surface area (Å²) in [5, 5.41) is 9.82. The van der Waals surface area contributed by atoms with Crippen LogP contribution in [0.4, 0.5) is 0 Å². The molecule has 3 heteroatoms. The number of carbonyl (C=O) groups excluding carboxylic acids is 1. The third kappa shape index (κ3) is 2.08. The lowest BCUT2D eigenvalue weighted by molar-refractivity contribution is -0.160. The van der Waals surface area contributed by atoms with Crippen molar-refractivity contribution >= 4 is 11.8 Å². The third-order valence-electron chi connectivity index (χ3n) is 7.27. The summed E-state index contributed by atoms with van der Waals surface area (Å²) in [6.45, 7) is 9.96. The first-order chi connectivity index (χ1) is 10.7. The minimum Gasteiger partial charge on any atom is -0.481 e. The Bertz CT molecular complexity index is 604. The number of carboxylic acid groups (broad SMARTS) is 1. The summed E-state index contributed by atoms with van der Waals surface area (Å²) in [5.74, 6) is -0.299. The van der Waals surface area contributed by atoms with E-state index in [-0.39, 0.29) is 23.0 Å². The highest BCUT2D eigenvalue weighted by Gasteiger charge is 2.59. The Labute approximate surface area is 138 Å². The highest BCUT2D eigenvalue weighted by atomic mass is 16.4. The van der Waals surface area contributed by atoms with Gasteiger partial charge >= 0.3 is 5.97 Å². The molecule has 0 spiro atoms. The number of allylic oxidation sites excluding steroid dienone is 3. The Balaban J connectivity index is 2.05. The number of aliphatic carboxylic acids is 1. The molecule has 1 N–H and O–H groups in total. The van der Waals surface area contributed by atoms with Crippen LogP contribution in [0, 0.1) is 28.1 Å². The highest BCUT2D eigenvalue weighted by molar-refractivity contribution is 5.92. The van der Waals surface area contributed by atoms with Crippen molar-refractivity contribution in [3.63, 3.8) is 0 Å². The summed E-state index contributed by atoms with van der Waals surface area (Å²) in [4.78, 5) is 24.9. The van der Waals surface area contributed by atoms with Crippen LogP contribution >= 0.6 is 0 Å². The van der Waals surface area contributed by atoms with E-state index in [9.17, 15) is 14.7 Å². The van der Waals surface area contributed by atoms with Crippen LogP contribution in [0.25, 0.3) is 0 Å². The highest BCUT2D eigenvalue weighted by Crippen LogP contribution is 2.63. The van der Waals surface area contributed by atoms with Crippen LogP contribution in [0.1, 0.15) is 59.3 Å². The molecule has 3 nitrogen and oxygen atoms in total. The van der Waals surface area contributed by atoms with Gasteiger partial charge in [-0.25, -0.2) is 0 Å². The molecule has 3 aliphatic rings. The van der Waals surface area contributed by atoms with Gasteiger partial charge in [0, 0.05) is 11.3 Å². The lowest BCUT2D eigenvalue weighted by Crippen LogP contribution is -2.54. The van der Waals surface area contributed by atoms with Crippen molar-refractivity contribution in [3.8, 4) is 0 Å². The van der Waals surface area contributed by atoms with E-state index in [0.29, 0.717) is 6.42 Å². The Kier molecular flexibility index (Phi) is 3.62. The molecule has 0 saturated heterocycles. The molecule has 126 valence electrons. The second-order valence-electron chi connectivity index (χ2n) is 8.53. The molecular weight excluding hydrogens is 288 g/mol. The van der Waals surface area contributed by atoms with Gasteiger partial charge in [-0.1, -0.05) is 31.1 Å². The number of hydrogen-bond donors (Lipinski definition) is 1. The average Bonchev–Trinajstić information content (AvgIpc) is 2.50. The normalized spacial score (nSPS) is 46.4. The Hall–Kier alpha value is -1.38. The molecule has 3 rings (SSSR count). The van der Waals surface area contributed by atoms with E-state index in [2.05, 4.69) is 19.6 Å². The number of fused-ring (bicyclic) bond motifs is 3. The van der Waals surface area contributed by atoms with Crippen LogP contribution in [0.5, 0.6) is 0 Å². The Morgan fingerprint density at radius 2 is 2.00 bits per heavy atom. The summed E-state index contributed by atoms with van der Waals surface area (Å²) in [7, 11) is 0. The van der Waals surface area contributed by atoms with E-state index < -0.39 is 16.8 Å². The number of hydrogen-bond acceptors (Lipinski definition) is 2. The van der Waals surface area contributed by atoms with Gasteiger partial charge in [0.05, 0.1) is 5.41 Å². The standard InChI is InChI=1S/C20H28O3/c1-5-18(2)12-9-14-13(16(18)21)7-8-15-19(14,3)10-6-11-20(15,4)17(22)23/h5,9,13,15H,1,6-8,10-12H2,2-4H3,(H,22,23)/t13-,15+,18+,19+,20-/m1/s1. The van der Waals surface area contributed by atoms with Gasteiger partial charge in [-0.2, -0.15) is 0 Å². The number of carbonyl (C=O) groups is 2. The van der Waals surface area contributed by atoms with Crippen LogP contribution in [-0.2, 0) is 9.59 Å². The van der Waals surface area contributed by atoms with Gasteiger partial charge < -0.3 is 5.11 Å². The van der Waals surface area contributed by atoms with Crippen molar-refractivity contribution < 1.29 is 14.7 Å². The van der Waals surface area contributed by atoms with Crippen LogP contribution in [0.3, 0.4) is 0 Å². The fourth-order valence-electron chi connectivity index (χ4n) is 5.65. The fraction of sp³-hybridized carbons (Fsp3) is 0.700. The molecule has 0 aliphatic heterocycles. The molecular formula is C20H28O3. The van der Waals surface area contributed by atoms with Crippen molar-refractivity contribution in [3.05, 3.63) is 24.3 Å². The molecule has 0 aromatic heterocycles. The van der Waals surface area contributed by atoms with Gasteiger partial charge in [-0.3, -0.25) is 9.59 Å². The zero-order valence-electron chi connectivity index (χ0n) is 14.5. The van der Waals surface area contributed by atoms with E-state index >= 15 is 0 Å². The maximum absolute atomic E-state index is 13.0. The second-order valence-corrected chi connectivity index (χ2v) is 8.53. The van der Waals surface area contributed by atoms with E-state index in [1.807, 2.05) is 13.8 Å². The average molecular weight is 316 g/mol. The number of Topliss-reactive ketones (excluding diaryl/α,β-unsaturated/α-hetero) is 1. The Morgan fingerprint density at radius 1 is 1.30 bits per heavy atom. The van der Waals surface area contributed by atoms with E-state index in [1.54, 1.807) is 6.08 Å². The van der Waals surface area contributed by atoms with Crippen molar-refractivity contribution in [2.45, 2.75) is 59.3 Å². The summed E-state index contributed by atoms with van der Waals surface area (Å²) in [5.41, 5.74) is -0.0411. The molecule has 2 fully saturated rings. The second kappa shape index (κ2) is 5.06. The molecule has 0 heterocycles. The van der Waals surface area contributed by atoms with E-state index in [1.165, 1.54) is 5.57 Å². The van der Waals surface area contributed by atoms with Crippen LogP contribution in [0.2, 0.25) is 0 Å². The SMILES string of the molecule is C=C[C@@]1(C)CC=C2[C@@H](CC[C@@H]3[C@](C)(C(=O)O)CCC[C@@]23C)C1=O. The van der Waals surface area contributed by atoms with E-state index in [0.717, 1.165) is 32.1 Å². The maximum Gasteiger partial charge on any atom is 0.309 e. The maximum atomic E-state index is 13.0. The monoisotopic (exact) mass is 316 g/mol. The van der Waals surface area contributed by atoms with Crippen LogP contribution in [-0.4, -0.2) is 16.9 Å². The largest absolute Gasteiger partial charge is 0.481 e. The topological polar surface area (TPSA) is 54.4 Å². The third-order valence-corrected chi connectivity index (χ3v) is 7.27. The van der Waals surface area contributed by atoms with Crippen molar-refractivity contribution in [1.29, 1.82) is 0 Å². The van der Waals surface area contributed by atoms with Gasteiger partial charge in [0.25, 0.3) is 0 Å². The molecule has 5 atom stereocenters. The first-order valence-corrected chi connectivity index (χ1v) is 8.81. The van der Waals surface area contributed by atoms with Crippen molar-refractivity contribution in [2.24, 2.45) is 28.1 Å². The molecule has 0 unspecified atom stereocenters. The predicted octanol–water partition coefficient (Wildman–Crippen LogP) is 4.39. The summed E-state index contributed by atoms with van der Waals surface area (Å²) < 4.78 is 0. The van der Waals surface area contributed by atoms with Gasteiger partial charge in [0.2, 0.25) is 0 Å². The zero-order chi connectivity index (χ0) is 17.0. The molecule has 0 bridgehead atoms. The van der Waals surface area contributed by atoms with Gasteiger partial charge in [-0.15, -0.1) is 6.58 Å². The molecule has 0 aromatic carbocycles. The quantitative estimate of drug-likeness (QED) is 0.769. The number of carboxylic acids is 1. The lowest BCUT2D eigenvalue weighted by Gasteiger charge is -2.57. The zero-order valence-corrected chi connectivity index (χ0v) is 14.5. The minimum absolute atomic E-state index is 0.0378. The first-order valence-electron chi connectivity index (χ1n) is 8.81. The van der Waals surface area contributed by atoms with Gasteiger partial charge in [0.15, 0.2) is 0 Å². The Morgan fingerprint density at radius 3 is 2.61 bits per heavy atom. The lowest BCUT2D eigenvalue weighted by atomic mass is 9.46. The summed E-state index contributed by atoms with van der Waals surface area (Å²) in [6, 6.07) is 0. The van der Waals surface area contributed by atoms with Crippen molar-refractivity contribution in [2.75, 3.05) is 0 Å².